The molecule has 9 heteroatoms. The second-order valence-corrected chi connectivity index (χ2v) is 7.36. The number of hydrogen-bond acceptors (Lipinski definition) is 5. The van der Waals surface area contributed by atoms with Crippen LogP contribution in [0.4, 0.5) is 0 Å². The van der Waals surface area contributed by atoms with Crippen molar-refractivity contribution in [3.63, 3.8) is 0 Å². The molecule has 0 aliphatic rings. The minimum atomic E-state index is -4.00. The van der Waals surface area contributed by atoms with Crippen molar-refractivity contribution < 1.29 is 18.3 Å². The lowest BCUT2D eigenvalue weighted by Crippen LogP contribution is -2.48. The van der Waals surface area contributed by atoms with E-state index in [1.807, 2.05) is 0 Å². The lowest BCUT2D eigenvalue weighted by atomic mass is 10.2. The molecule has 0 saturated heterocycles. The molecule has 0 saturated carbocycles. The van der Waals surface area contributed by atoms with Gasteiger partial charge in [-0.2, -0.15) is 11.8 Å². The van der Waals surface area contributed by atoms with E-state index in [9.17, 15) is 18.3 Å². The van der Waals surface area contributed by atoms with E-state index in [1.54, 1.807) is 6.26 Å². The summed E-state index contributed by atoms with van der Waals surface area (Å²) in [6.45, 7) is 0. The summed E-state index contributed by atoms with van der Waals surface area (Å²) in [6.07, 6.45) is 1.92. The predicted octanol–water partition coefficient (Wildman–Crippen LogP) is 1.14. The number of carbonyl (C=O) groups is 1. The average molecular weight is 357 g/mol. The van der Waals surface area contributed by atoms with Gasteiger partial charge in [0.25, 0.3) is 0 Å². The van der Waals surface area contributed by atoms with Gasteiger partial charge in [-0.25, -0.2) is 13.1 Å². The van der Waals surface area contributed by atoms with E-state index in [4.69, 9.17) is 23.2 Å². The van der Waals surface area contributed by atoms with E-state index in [0.717, 1.165) is 6.07 Å². The number of sulfonamides is 1. The smallest absolute Gasteiger partial charge is 0.241 e. The van der Waals surface area contributed by atoms with Crippen molar-refractivity contribution in [2.75, 3.05) is 12.0 Å². The summed E-state index contributed by atoms with van der Waals surface area (Å²) in [4.78, 5) is 10.8. The van der Waals surface area contributed by atoms with E-state index < -0.39 is 22.0 Å². The Bertz CT molecular complexity index is 592. The first kappa shape index (κ1) is 17.6. The second kappa shape index (κ2) is 7.51. The van der Waals surface area contributed by atoms with Crippen molar-refractivity contribution >= 4 is 51.0 Å². The number of rotatable bonds is 7. The molecule has 0 unspecified atom stereocenters. The number of carboxylic acid groups (broad SMARTS) is 1. The topological polar surface area (TPSA) is 86.3 Å². The van der Waals surface area contributed by atoms with Crippen LogP contribution in [0.15, 0.2) is 23.1 Å². The molecule has 1 aromatic carbocycles. The summed E-state index contributed by atoms with van der Waals surface area (Å²) >= 11 is 12.9. The molecule has 1 N–H and O–H groups in total. The predicted molar refractivity (Wildman–Crippen MR) is 78.6 cm³/mol. The zero-order chi connectivity index (χ0) is 15.3. The summed E-state index contributed by atoms with van der Waals surface area (Å²) in [7, 11) is -4.00. The van der Waals surface area contributed by atoms with Crippen molar-refractivity contribution in [1.29, 1.82) is 0 Å². The van der Waals surface area contributed by atoms with Crippen LogP contribution in [-0.4, -0.2) is 32.4 Å². The Morgan fingerprint density at radius 2 is 2.05 bits per heavy atom. The first-order valence-electron chi connectivity index (χ1n) is 5.45. The number of hydrogen-bond donors (Lipinski definition) is 1. The maximum Gasteiger partial charge on any atom is 0.241 e. The second-order valence-electron chi connectivity index (χ2n) is 3.85. The number of thioether (sulfide) groups is 1. The van der Waals surface area contributed by atoms with Crippen LogP contribution in [0.2, 0.25) is 10.0 Å². The van der Waals surface area contributed by atoms with Gasteiger partial charge in [0.1, 0.15) is 0 Å². The Labute approximate surface area is 131 Å². The Morgan fingerprint density at radius 3 is 2.55 bits per heavy atom. The molecule has 0 aliphatic heterocycles. The van der Waals surface area contributed by atoms with Gasteiger partial charge in [0.15, 0.2) is 0 Å². The van der Waals surface area contributed by atoms with Crippen LogP contribution in [0.3, 0.4) is 0 Å². The van der Waals surface area contributed by atoms with E-state index in [1.165, 1.54) is 23.9 Å². The molecule has 0 spiro atoms. The van der Waals surface area contributed by atoms with Crippen LogP contribution in [0.1, 0.15) is 6.42 Å². The number of halogens is 2. The first-order valence-corrected chi connectivity index (χ1v) is 9.08. The van der Waals surface area contributed by atoms with E-state index in [0.29, 0.717) is 5.75 Å². The van der Waals surface area contributed by atoms with Gasteiger partial charge in [-0.1, -0.05) is 23.2 Å². The number of carbonyl (C=O) groups excluding carboxylic acids is 1. The van der Waals surface area contributed by atoms with Gasteiger partial charge in [0, 0.05) is 0 Å². The summed E-state index contributed by atoms with van der Waals surface area (Å²) in [6, 6.07) is 2.45. The summed E-state index contributed by atoms with van der Waals surface area (Å²) < 4.78 is 26.2. The minimum absolute atomic E-state index is 0.0728. The molecule has 0 fully saturated rings. The number of nitrogens with one attached hydrogen (secondary N) is 1. The van der Waals surface area contributed by atoms with E-state index >= 15 is 0 Å². The van der Waals surface area contributed by atoms with Crippen molar-refractivity contribution in [3.8, 4) is 0 Å². The normalized spacial score (nSPS) is 13.2. The van der Waals surface area contributed by atoms with Crippen molar-refractivity contribution in [2.45, 2.75) is 17.4 Å². The third-order valence-electron chi connectivity index (χ3n) is 2.39. The highest BCUT2D eigenvalue weighted by molar-refractivity contribution is 7.98. The SMILES string of the molecule is CSCC[C@@H](NS(=O)(=O)c1ccc(Cl)c(Cl)c1)C(=O)[O-]. The van der Waals surface area contributed by atoms with Gasteiger partial charge in [-0.05, 0) is 36.6 Å². The van der Waals surface area contributed by atoms with Gasteiger partial charge in [0.2, 0.25) is 10.0 Å². The molecule has 1 rings (SSSR count). The standard InChI is InChI=1S/C11H13Cl2NO4S2/c1-19-5-4-10(11(15)16)14-20(17,18)7-2-3-8(12)9(13)6-7/h2-3,6,10,14H,4-5H2,1H3,(H,15,16)/p-1/t10-/m1/s1. The fraction of sp³-hybridized carbons (Fsp3) is 0.364. The fourth-order valence-electron chi connectivity index (χ4n) is 1.36. The third-order valence-corrected chi connectivity index (χ3v) is 5.25. The summed E-state index contributed by atoms with van der Waals surface area (Å²) in [5.74, 6) is -0.981. The fourth-order valence-corrected chi connectivity index (χ4v) is 3.44. The monoisotopic (exact) mass is 356 g/mol. The maximum atomic E-state index is 12.1. The zero-order valence-corrected chi connectivity index (χ0v) is 13.6. The van der Waals surface area contributed by atoms with E-state index in [-0.39, 0.29) is 21.4 Å². The van der Waals surface area contributed by atoms with Crippen molar-refractivity contribution in [2.24, 2.45) is 0 Å². The molecular formula is C11H12Cl2NO4S2-. The van der Waals surface area contributed by atoms with Crippen molar-refractivity contribution in [1.82, 2.24) is 4.72 Å². The highest BCUT2D eigenvalue weighted by Crippen LogP contribution is 2.24. The maximum absolute atomic E-state index is 12.1. The van der Waals surface area contributed by atoms with Crippen LogP contribution in [0, 0.1) is 0 Å². The molecule has 0 amide bonds. The Morgan fingerprint density at radius 1 is 1.40 bits per heavy atom. The molecule has 0 aromatic heterocycles. The van der Waals surface area contributed by atoms with E-state index in [2.05, 4.69) is 4.72 Å². The molecule has 0 aliphatic carbocycles. The van der Waals surface area contributed by atoms with Gasteiger partial charge in [-0.3, -0.25) is 0 Å². The highest BCUT2D eigenvalue weighted by atomic mass is 35.5. The van der Waals surface area contributed by atoms with Crippen LogP contribution < -0.4 is 9.83 Å². The minimum Gasteiger partial charge on any atom is -0.548 e. The summed E-state index contributed by atoms with van der Waals surface area (Å²) in [5, 5.41) is 11.2. The molecule has 5 nitrogen and oxygen atoms in total. The Balaban J connectivity index is 2.97. The highest BCUT2D eigenvalue weighted by Gasteiger charge is 2.21. The molecule has 112 valence electrons. The zero-order valence-electron chi connectivity index (χ0n) is 10.4. The van der Waals surface area contributed by atoms with Crippen LogP contribution in [0.5, 0.6) is 0 Å². The molecule has 0 heterocycles. The van der Waals surface area contributed by atoms with Gasteiger partial charge in [0.05, 0.1) is 27.0 Å². The average Bonchev–Trinajstić information content (AvgIpc) is 2.37. The molecule has 0 radical (unpaired) electrons. The largest absolute Gasteiger partial charge is 0.548 e. The summed E-state index contributed by atoms with van der Waals surface area (Å²) in [5.41, 5.74) is 0. The Hall–Kier alpha value is -0.470. The van der Waals surface area contributed by atoms with Crippen LogP contribution in [-0.2, 0) is 14.8 Å². The molecule has 20 heavy (non-hydrogen) atoms. The van der Waals surface area contributed by atoms with Crippen LogP contribution >= 0.6 is 35.0 Å². The molecule has 0 bridgehead atoms. The third kappa shape index (κ3) is 4.82. The van der Waals surface area contributed by atoms with Gasteiger partial charge >= 0.3 is 0 Å². The molecule has 1 aromatic rings. The van der Waals surface area contributed by atoms with Crippen LogP contribution in [0.25, 0.3) is 0 Å². The number of benzene rings is 1. The lowest BCUT2D eigenvalue weighted by molar-refractivity contribution is -0.308. The number of carboxylic acids is 1. The van der Waals surface area contributed by atoms with Crippen molar-refractivity contribution in [3.05, 3.63) is 28.2 Å². The molecule has 1 atom stereocenters. The quantitative estimate of drug-likeness (QED) is 0.791. The molecular weight excluding hydrogens is 345 g/mol. The van der Waals surface area contributed by atoms with Gasteiger partial charge in [-0.15, -0.1) is 0 Å². The Kier molecular flexibility index (Phi) is 6.60. The lowest BCUT2D eigenvalue weighted by Gasteiger charge is -2.19. The first-order chi connectivity index (χ1) is 9.27. The number of aliphatic carboxylic acids is 1. The van der Waals surface area contributed by atoms with Gasteiger partial charge < -0.3 is 9.90 Å².